The van der Waals surface area contributed by atoms with E-state index < -0.39 is 5.97 Å². The first-order valence-corrected chi connectivity index (χ1v) is 5.80. The van der Waals surface area contributed by atoms with Crippen molar-refractivity contribution < 1.29 is 14.7 Å². The summed E-state index contributed by atoms with van der Waals surface area (Å²) in [7, 11) is 0. The third kappa shape index (κ3) is 3.73. The summed E-state index contributed by atoms with van der Waals surface area (Å²) < 4.78 is 0. The van der Waals surface area contributed by atoms with Gasteiger partial charge in [0, 0.05) is 13.1 Å². The summed E-state index contributed by atoms with van der Waals surface area (Å²) in [6.07, 6.45) is 0. The third-order valence-electron chi connectivity index (χ3n) is 2.37. The van der Waals surface area contributed by atoms with Crippen LogP contribution in [0.15, 0.2) is 18.2 Å². The van der Waals surface area contributed by atoms with Crippen LogP contribution in [-0.2, 0) is 4.79 Å². The highest BCUT2D eigenvalue weighted by molar-refractivity contribution is 5.86. The highest BCUT2D eigenvalue weighted by atomic mass is 16.4. The molecule has 0 aliphatic heterocycles. The van der Waals surface area contributed by atoms with Gasteiger partial charge in [-0.1, -0.05) is 6.07 Å². The second-order valence-corrected chi connectivity index (χ2v) is 3.65. The Bertz CT molecular complexity index is 434. The van der Waals surface area contributed by atoms with Crippen molar-refractivity contribution in [3.05, 3.63) is 23.9 Å². The molecule has 1 heterocycles. The highest BCUT2D eigenvalue weighted by Crippen LogP contribution is 2.11. The Morgan fingerprint density at radius 2 is 2.11 bits per heavy atom. The van der Waals surface area contributed by atoms with Gasteiger partial charge in [0.15, 0.2) is 5.69 Å². The van der Waals surface area contributed by atoms with Crippen molar-refractivity contribution in [1.29, 1.82) is 0 Å². The Morgan fingerprint density at radius 3 is 2.67 bits per heavy atom. The van der Waals surface area contributed by atoms with E-state index in [1.165, 1.54) is 6.07 Å². The van der Waals surface area contributed by atoms with Crippen LogP contribution in [0.4, 0.5) is 5.82 Å². The molecule has 6 nitrogen and oxygen atoms in total. The molecule has 0 bridgehead atoms. The van der Waals surface area contributed by atoms with Crippen molar-refractivity contribution in [2.45, 2.75) is 13.8 Å². The standard InChI is InChI=1S/C12H17N3O3/c1-3-13-11(16)8-15(4-2)10-7-5-6-9(14-10)12(17)18/h5-7H,3-4,8H2,1-2H3,(H,13,16)(H,17,18). The van der Waals surface area contributed by atoms with E-state index in [0.717, 1.165) is 0 Å². The van der Waals surface area contributed by atoms with Crippen LogP contribution in [0.5, 0.6) is 0 Å². The number of likely N-dealkylation sites (N-methyl/N-ethyl adjacent to an activating group) is 2. The molecule has 0 aromatic carbocycles. The van der Waals surface area contributed by atoms with Crippen LogP contribution >= 0.6 is 0 Å². The van der Waals surface area contributed by atoms with Crippen LogP contribution in [0.2, 0.25) is 0 Å². The monoisotopic (exact) mass is 251 g/mol. The number of anilines is 1. The van der Waals surface area contributed by atoms with Crippen LogP contribution in [0.25, 0.3) is 0 Å². The molecule has 98 valence electrons. The zero-order valence-corrected chi connectivity index (χ0v) is 10.5. The van der Waals surface area contributed by atoms with E-state index in [2.05, 4.69) is 10.3 Å². The van der Waals surface area contributed by atoms with Gasteiger partial charge >= 0.3 is 5.97 Å². The number of aromatic carboxylic acids is 1. The van der Waals surface area contributed by atoms with Crippen molar-refractivity contribution in [2.75, 3.05) is 24.5 Å². The summed E-state index contributed by atoms with van der Waals surface area (Å²) in [6.45, 7) is 5.04. The van der Waals surface area contributed by atoms with Gasteiger partial charge in [-0.2, -0.15) is 0 Å². The summed E-state index contributed by atoms with van der Waals surface area (Å²) in [5.41, 5.74) is -0.0261. The third-order valence-corrected chi connectivity index (χ3v) is 2.37. The largest absolute Gasteiger partial charge is 0.477 e. The number of amides is 1. The van der Waals surface area contributed by atoms with Gasteiger partial charge in [-0.05, 0) is 26.0 Å². The molecule has 0 spiro atoms. The fourth-order valence-corrected chi connectivity index (χ4v) is 1.50. The number of rotatable bonds is 6. The van der Waals surface area contributed by atoms with Crippen molar-refractivity contribution in [3.8, 4) is 0 Å². The molecule has 18 heavy (non-hydrogen) atoms. The van der Waals surface area contributed by atoms with Crippen LogP contribution in [0.1, 0.15) is 24.3 Å². The molecule has 0 radical (unpaired) electrons. The number of carboxylic acids is 1. The molecule has 0 saturated carbocycles. The summed E-state index contributed by atoms with van der Waals surface area (Å²) in [5.74, 6) is -0.698. The van der Waals surface area contributed by atoms with Crippen molar-refractivity contribution in [3.63, 3.8) is 0 Å². The lowest BCUT2D eigenvalue weighted by molar-refractivity contribution is -0.119. The molecule has 1 rings (SSSR count). The molecule has 1 aromatic heterocycles. The molecule has 0 fully saturated rings. The molecule has 0 unspecified atom stereocenters. The number of nitrogens with zero attached hydrogens (tertiary/aromatic N) is 2. The lowest BCUT2D eigenvalue weighted by atomic mass is 10.3. The van der Waals surface area contributed by atoms with E-state index >= 15 is 0 Å². The highest BCUT2D eigenvalue weighted by Gasteiger charge is 2.12. The smallest absolute Gasteiger partial charge is 0.354 e. The first kappa shape index (κ1) is 14.0. The molecular weight excluding hydrogens is 234 g/mol. The molecule has 1 aromatic rings. The minimum atomic E-state index is -1.08. The first-order valence-electron chi connectivity index (χ1n) is 5.80. The molecule has 6 heteroatoms. The van der Waals surface area contributed by atoms with Gasteiger partial charge in [0.05, 0.1) is 6.54 Å². The summed E-state index contributed by atoms with van der Waals surface area (Å²) in [5, 5.41) is 11.6. The lowest BCUT2D eigenvalue weighted by Crippen LogP contribution is -2.37. The molecular formula is C12H17N3O3. The number of carboxylic acid groups (broad SMARTS) is 1. The Balaban J connectivity index is 2.84. The zero-order chi connectivity index (χ0) is 13.5. The number of nitrogens with one attached hydrogen (secondary N) is 1. The molecule has 0 aliphatic carbocycles. The summed E-state index contributed by atoms with van der Waals surface area (Å²) in [4.78, 5) is 28.1. The normalized spacial score (nSPS) is 9.89. The Kier molecular flexibility index (Phi) is 5.10. The maximum Gasteiger partial charge on any atom is 0.354 e. The average Bonchev–Trinajstić information content (AvgIpc) is 2.36. The van der Waals surface area contributed by atoms with Gasteiger partial charge in [0.25, 0.3) is 0 Å². The van der Waals surface area contributed by atoms with Gasteiger partial charge in [0.2, 0.25) is 5.91 Å². The Morgan fingerprint density at radius 1 is 1.39 bits per heavy atom. The second-order valence-electron chi connectivity index (χ2n) is 3.65. The van der Waals surface area contributed by atoms with E-state index in [4.69, 9.17) is 5.11 Å². The average molecular weight is 251 g/mol. The number of aromatic nitrogens is 1. The topological polar surface area (TPSA) is 82.5 Å². The molecule has 2 N–H and O–H groups in total. The van der Waals surface area contributed by atoms with E-state index in [1.54, 1.807) is 17.0 Å². The van der Waals surface area contributed by atoms with Gasteiger partial charge in [0.1, 0.15) is 5.82 Å². The predicted octanol–water partition coefficient (Wildman–Crippen LogP) is 0.742. The zero-order valence-electron chi connectivity index (χ0n) is 10.5. The van der Waals surface area contributed by atoms with Crippen LogP contribution in [-0.4, -0.2) is 41.6 Å². The fourth-order valence-electron chi connectivity index (χ4n) is 1.50. The predicted molar refractivity (Wildman–Crippen MR) is 67.8 cm³/mol. The first-order chi connectivity index (χ1) is 8.58. The van der Waals surface area contributed by atoms with E-state index in [-0.39, 0.29) is 18.1 Å². The maximum atomic E-state index is 11.5. The summed E-state index contributed by atoms with van der Waals surface area (Å²) in [6, 6.07) is 4.73. The van der Waals surface area contributed by atoms with Crippen LogP contribution < -0.4 is 10.2 Å². The van der Waals surface area contributed by atoms with Crippen LogP contribution in [0.3, 0.4) is 0 Å². The molecule has 0 atom stereocenters. The van der Waals surface area contributed by atoms with E-state index in [9.17, 15) is 9.59 Å². The SMILES string of the molecule is CCNC(=O)CN(CC)c1cccc(C(=O)O)n1. The number of carbonyl (C=O) groups excluding carboxylic acids is 1. The number of pyridine rings is 1. The molecule has 0 aliphatic rings. The van der Waals surface area contributed by atoms with Gasteiger partial charge in [-0.25, -0.2) is 9.78 Å². The molecule has 1 amide bonds. The van der Waals surface area contributed by atoms with E-state index in [1.807, 2.05) is 13.8 Å². The minimum absolute atomic E-state index is 0.0261. The lowest BCUT2D eigenvalue weighted by Gasteiger charge is -2.21. The molecule has 0 saturated heterocycles. The van der Waals surface area contributed by atoms with Crippen molar-refractivity contribution >= 4 is 17.7 Å². The number of hydrogen-bond acceptors (Lipinski definition) is 4. The minimum Gasteiger partial charge on any atom is -0.477 e. The van der Waals surface area contributed by atoms with Gasteiger partial charge < -0.3 is 15.3 Å². The second kappa shape index (κ2) is 6.58. The number of hydrogen-bond donors (Lipinski definition) is 2. The van der Waals surface area contributed by atoms with Crippen LogP contribution in [0, 0.1) is 0 Å². The van der Waals surface area contributed by atoms with E-state index in [0.29, 0.717) is 18.9 Å². The quantitative estimate of drug-likeness (QED) is 0.779. The van der Waals surface area contributed by atoms with Gasteiger partial charge in [-0.3, -0.25) is 4.79 Å². The maximum absolute atomic E-state index is 11.5. The van der Waals surface area contributed by atoms with Crippen molar-refractivity contribution in [1.82, 2.24) is 10.3 Å². The summed E-state index contributed by atoms with van der Waals surface area (Å²) >= 11 is 0. The van der Waals surface area contributed by atoms with Gasteiger partial charge in [-0.15, -0.1) is 0 Å². The fraction of sp³-hybridized carbons (Fsp3) is 0.417. The Hall–Kier alpha value is -2.11. The number of carbonyl (C=O) groups is 2. The van der Waals surface area contributed by atoms with Crippen molar-refractivity contribution in [2.24, 2.45) is 0 Å². The Labute approximate surface area is 106 Å².